The van der Waals surface area contributed by atoms with E-state index in [1.807, 2.05) is 0 Å². The lowest BCUT2D eigenvalue weighted by Gasteiger charge is -2.11. The highest BCUT2D eigenvalue weighted by atomic mass is 79.9. The number of benzene rings is 2. The molecule has 0 saturated carbocycles. The van der Waals surface area contributed by atoms with Gasteiger partial charge in [0.25, 0.3) is 11.8 Å². The topological polar surface area (TPSA) is 103 Å². The second kappa shape index (κ2) is 11.3. The van der Waals surface area contributed by atoms with E-state index in [1.54, 1.807) is 25.1 Å². The van der Waals surface area contributed by atoms with Crippen LogP contribution in [0.1, 0.15) is 17.3 Å². The number of halogens is 2. The average molecular weight is 486 g/mol. The SMILES string of the molecule is CCOC(=O)c1ccc(OCC(=O)NNC(=O)COc2ccc(Cl)cc2Br)cc1. The van der Waals surface area contributed by atoms with Crippen LogP contribution in [0.2, 0.25) is 5.02 Å². The highest BCUT2D eigenvalue weighted by molar-refractivity contribution is 9.10. The van der Waals surface area contributed by atoms with E-state index in [2.05, 4.69) is 26.8 Å². The van der Waals surface area contributed by atoms with Crippen molar-refractivity contribution in [3.63, 3.8) is 0 Å². The van der Waals surface area contributed by atoms with E-state index in [4.69, 9.17) is 25.8 Å². The summed E-state index contributed by atoms with van der Waals surface area (Å²) in [5.74, 6) is -0.743. The summed E-state index contributed by atoms with van der Waals surface area (Å²) in [6.07, 6.45) is 0. The van der Waals surface area contributed by atoms with Gasteiger partial charge in [0.2, 0.25) is 0 Å². The molecule has 29 heavy (non-hydrogen) atoms. The maximum atomic E-state index is 11.8. The molecule has 2 amide bonds. The van der Waals surface area contributed by atoms with Gasteiger partial charge in [0, 0.05) is 5.02 Å². The van der Waals surface area contributed by atoms with Crippen molar-refractivity contribution in [3.8, 4) is 11.5 Å². The molecule has 0 saturated heterocycles. The van der Waals surface area contributed by atoms with Crippen molar-refractivity contribution in [3.05, 3.63) is 57.5 Å². The van der Waals surface area contributed by atoms with Gasteiger partial charge in [-0.25, -0.2) is 4.79 Å². The molecule has 0 atom stereocenters. The molecule has 0 aliphatic rings. The summed E-state index contributed by atoms with van der Waals surface area (Å²) in [6, 6.07) is 11.0. The number of nitrogens with one attached hydrogen (secondary N) is 2. The maximum absolute atomic E-state index is 11.8. The van der Waals surface area contributed by atoms with Crippen LogP contribution in [0.3, 0.4) is 0 Å². The molecule has 0 bridgehead atoms. The predicted octanol–water partition coefficient (Wildman–Crippen LogP) is 2.88. The van der Waals surface area contributed by atoms with Crippen LogP contribution in [0.25, 0.3) is 0 Å². The molecule has 154 valence electrons. The number of hydrogen-bond donors (Lipinski definition) is 2. The Morgan fingerprint density at radius 3 is 2.17 bits per heavy atom. The van der Waals surface area contributed by atoms with Crippen LogP contribution in [0.4, 0.5) is 0 Å². The zero-order chi connectivity index (χ0) is 21.2. The van der Waals surface area contributed by atoms with E-state index in [-0.39, 0.29) is 19.8 Å². The van der Waals surface area contributed by atoms with Gasteiger partial charge >= 0.3 is 5.97 Å². The molecule has 0 heterocycles. The van der Waals surface area contributed by atoms with Crippen molar-refractivity contribution >= 4 is 45.3 Å². The molecule has 0 aliphatic heterocycles. The van der Waals surface area contributed by atoms with Gasteiger partial charge in [-0.1, -0.05) is 11.6 Å². The van der Waals surface area contributed by atoms with Crippen molar-refractivity contribution in [1.29, 1.82) is 0 Å². The average Bonchev–Trinajstić information content (AvgIpc) is 2.70. The smallest absolute Gasteiger partial charge is 0.338 e. The molecular formula is C19H18BrClN2O6. The second-order valence-electron chi connectivity index (χ2n) is 5.49. The molecule has 0 fully saturated rings. The highest BCUT2D eigenvalue weighted by Crippen LogP contribution is 2.27. The van der Waals surface area contributed by atoms with Crippen molar-refractivity contribution in [2.24, 2.45) is 0 Å². The number of hydrogen-bond acceptors (Lipinski definition) is 6. The fourth-order valence-corrected chi connectivity index (χ4v) is 2.79. The number of carbonyl (C=O) groups is 3. The Morgan fingerprint density at radius 2 is 1.59 bits per heavy atom. The predicted molar refractivity (Wildman–Crippen MR) is 109 cm³/mol. The van der Waals surface area contributed by atoms with E-state index in [9.17, 15) is 14.4 Å². The quantitative estimate of drug-likeness (QED) is 0.440. The first-order valence-electron chi connectivity index (χ1n) is 8.44. The van der Waals surface area contributed by atoms with Crippen molar-refractivity contribution < 1.29 is 28.6 Å². The number of ether oxygens (including phenoxy) is 3. The molecule has 2 aromatic carbocycles. The lowest BCUT2D eigenvalue weighted by molar-refractivity contribution is -0.131. The van der Waals surface area contributed by atoms with E-state index in [0.29, 0.717) is 26.6 Å². The number of hydrazine groups is 1. The summed E-state index contributed by atoms with van der Waals surface area (Å²) in [5, 5.41) is 0.525. The van der Waals surface area contributed by atoms with Gasteiger partial charge in [0.15, 0.2) is 13.2 Å². The first-order chi connectivity index (χ1) is 13.9. The van der Waals surface area contributed by atoms with Gasteiger partial charge in [-0.2, -0.15) is 0 Å². The first-order valence-corrected chi connectivity index (χ1v) is 9.61. The van der Waals surface area contributed by atoms with Gasteiger partial charge in [-0.3, -0.25) is 20.4 Å². The van der Waals surface area contributed by atoms with E-state index >= 15 is 0 Å². The summed E-state index contributed by atoms with van der Waals surface area (Å²) in [6.45, 7) is 1.36. The number of amides is 2. The molecule has 0 aliphatic carbocycles. The summed E-state index contributed by atoms with van der Waals surface area (Å²) in [7, 11) is 0. The third-order valence-corrected chi connectivity index (χ3v) is 4.18. The van der Waals surface area contributed by atoms with Gasteiger partial charge < -0.3 is 14.2 Å². The van der Waals surface area contributed by atoms with Crippen LogP contribution in [-0.2, 0) is 14.3 Å². The zero-order valence-electron chi connectivity index (χ0n) is 15.4. The largest absolute Gasteiger partial charge is 0.484 e. The lowest BCUT2D eigenvalue weighted by Crippen LogP contribution is -2.45. The van der Waals surface area contributed by atoms with Gasteiger partial charge in [-0.15, -0.1) is 0 Å². The summed E-state index contributed by atoms with van der Waals surface area (Å²) < 4.78 is 16.1. The minimum absolute atomic E-state index is 0.283. The Hall–Kier alpha value is -2.78. The molecule has 8 nitrogen and oxygen atoms in total. The monoisotopic (exact) mass is 484 g/mol. The standard InChI is InChI=1S/C19H18BrClN2O6/c1-2-27-19(26)12-3-6-14(7-4-12)28-10-17(24)22-23-18(25)11-29-16-8-5-13(21)9-15(16)20/h3-9H,2,10-11H2,1H3,(H,22,24)(H,23,25). The Kier molecular flexibility index (Phi) is 8.75. The van der Waals surface area contributed by atoms with Gasteiger partial charge in [-0.05, 0) is 65.3 Å². The third-order valence-electron chi connectivity index (χ3n) is 3.33. The number of esters is 1. The summed E-state index contributed by atoms with van der Waals surface area (Å²) >= 11 is 9.10. The van der Waals surface area contributed by atoms with E-state index < -0.39 is 17.8 Å². The van der Waals surface area contributed by atoms with Crippen LogP contribution in [0, 0.1) is 0 Å². The van der Waals surface area contributed by atoms with Crippen LogP contribution in [-0.4, -0.2) is 37.6 Å². The normalized spacial score (nSPS) is 10.0. The number of carbonyl (C=O) groups excluding carboxylic acids is 3. The van der Waals surface area contributed by atoms with Crippen LogP contribution < -0.4 is 20.3 Å². The summed E-state index contributed by atoms with van der Waals surface area (Å²) in [4.78, 5) is 35.1. The Balaban J connectivity index is 1.69. The van der Waals surface area contributed by atoms with Crippen LogP contribution in [0.15, 0.2) is 46.9 Å². The fourth-order valence-electron chi connectivity index (χ4n) is 2.00. The molecule has 2 aromatic rings. The van der Waals surface area contributed by atoms with E-state index in [0.717, 1.165) is 0 Å². The molecule has 10 heteroatoms. The zero-order valence-corrected chi connectivity index (χ0v) is 17.7. The fraction of sp³-hybridized carbons (Fsp3) is 0.211. The van der Waals surface area contributed by atoms with Gasteiger partial charge in [0.05, 0.1) is 16.6 Å². The highest BCUT2D eigenvalue weighted by Gasteiger charge is 2.09. The Bertz CT molecular complexity index is 876. The van der Waals surface area contributed by atoms with Crippen LogP contribution in [0.5, 0.6) is 11.5 Å². The molecule has 0 radical (unpaired) electrons. The Labute approximate surface area is 180 Å². The first kappa shape index (κ1) is 22.5. The number of rotatable bonds is 8. The van der Waals surface area contributed by atoms with Crippen molar-refractivity contribution in [1.82, 2.24) is 10.9 Å². The van der Waals surface area contributed by atoms with Crippen LogP contribution >= 0.6 is 27.5 Å². The Morgan fingerprint density at radius 1 is 0.966 bits per heavy atom. The molecular weight excluding hydrogens is 468 g/mol. The molecule has 2 rings (SSSR count). The summed E-state index contributed by atoms with van der Waals surface area (Å²) in [5.41, 5.74) is 4.80. The van der Waals surface area contributed by atoms with Crippen molar-refractivity contribution in [2.75, 3.05) is 19.8 Å². The molecule has 0 spiro atoms. The molecule has 0 aromatic heterocycles. The minimum Gasteiger partial charge on any atom is -0.484 e. The van der Waals surface area contributed by atoms with Crippen molar-refractivity contribution in [2.45, 2.75) is 6.92 Å². The molecule has 2 N–H and O–H groups in total. The van der Waals surface area contributed by atoms with Gasteiger partial charge in [0.1, 0.15) is 11.5 Å². The maximum Gasteiger partial charge on any atom is 0.338 e. The molecule has 0 unspecified atom stereocenters. The second-order valence-corrected chi connectivity index (χ2v) is 6.78. The lowest BCUT2D eigenvalue weighted by atomic mass is 10.2. The van der Waals surface area contributed by atoms with E-state index in [1.165, 1.54) is 24.3 Å². The third kappa shape index (κ3) is 7.63. The minimum atomic E-state index is -0.569.